The Hall–Kier alpha value is -1.08. The van der Waals surface area contributed by atoms with Crippen molar-refractivity contribution in [1.82, 2.24) is 4.72 Å². The van der Waals surface area contributed by atoms with E-state index in [9.17, 15) is 21.6 Å². The lowest BCUT2D eigenvalue weighted by Gasteiger charge is -2.13. The first-order valence-corrected chi connectivity index (χ1v) is 6.43. The molecule has 1 N–H and O–H groups in total. The van der Waals surface area contributed by atoms with E-state index in [1.807, 2.05) is 0 Å². The zero-order valence-corrected chi connectivity index (χ0v) is 9.90. The fourth-order valence-electron chi connectivity index (χ4n) is 1.25. The van der Waals surface area contributed by atoms with Crippen LogP contribution in [0.1, 0.15) is 18.9 Å². The van der Waals surface area contributed by atoms with Crippen molar-refractivity contribution in [1.29, 1.82) is 0 Å². The molecule has 0 spiro atoms. The van der Waals surface area contributed by atoms with Crippen molar-refractivity contribution >= 4 is 10.0 Å². The summed E-state index contributed by atoms with van der Waals surface area (Å²) in [4.78, 5) is -0.735. The SMILES string of the molecule is CCCNS(=O)(=O)c1ccccc1C(F)(F)F. The van der Waals surface area contributed by atoms with E-state index in [1.165, 1.54) is 6.07 Å². The van der Waals surface area contributed by atoms with Crippen molar-refractivity contribution in [3.05, 3.63) is 29.8 Å². The molecule has 1 rings (SSSR count). The number of halogens is 3. The summed E-state index contributed by atoms with van der Waals surface area (Å²) in [7, 11) is -4.11. The van der Waals surface area contributed by atoms with Gasteiger partial charge < -0.3 is 0 Å². The third-order valence-electron chi connectivity index (χ3n) is 2.02. The molecule has 0 bridgehead atoms. The molecule has 0 fully saturated rings. The molecule has 1 aromatic carbocycles. The third-order valence-corrected chi connectivity index (χ3v) is 3.54. The van der Waals surface area contributed by atoms with E-state index in [0.717, 1.165) is 18.2 Å². The van der Waals surface area contributed by atoms with E-state index in [4.69, 9.17) is 0 Å². The quantitative estimate of drug-likeness (QED) is 0.910. The Morgan fingerprint density at radius 2 is 1.82 bits per heavy atom. The summed E-state index contributed by atoms with van der Waals surface area (Å²) in [5, 5.41) is 0. The zero-order chi connectivity index (χ0) is 13.1. The fourth-order valence-corrected chi connectivity index (χ4v) is 2.61. The molecule has 0 atom stereocenters. The van der Waals surface area contributed by atoms with Crippen LogP contribution in [0.2, 0.25) is 0 Å². The molecular formula is C10H12F3NO2S. The van der Waals surface area contributed by atoms with Gasteiger partial charge in [-0.3, -0.25) is 0 Å². The Balaban J connectivity index is 3.23. The predicted octanol–water partition coefficient (Wildman–Crippen LogP) is 2.39. The molecule has 0 aliphatic carbocycles. The van der Waals surface area contributed by atoms with Crippen molar-refractivity contribution in [2.45, 2.75) is 24.4 Å². The smallest absolute Gasteiger partial charge is 0.211 e. The lowest BCUT2D eigenvalue weighted by atomic mass is 10.2. The summed E-state index contributed by atoms with van der Waals surface area (Å²) in [6, 6.07) is 4.11. The minimum atomic E-state index is -4.68. The highest BCUT2D eigenvalue weighted by Crippen LogP contribution is 2.33. The number of alkyl halides is 3. The van der Waals surface area contributed by atoms with E-state index < -0.39 is 26.7 Å². The Kier molecular flexibility index (Phi) is 4.16. The number of hydrogen-bond acceptors (Lipinski definition) is 2. The standard InChI is InChI=1S/C10H12F3NO2S/c1-2-7-14-17(15,16)9-6-4-3-5-8(9)10(11,12)13/h3-6,14H,2,7H2,1H3. The van der Waals surface area contributed by atoms with E-state index in [1.54, 1.807) is 6.92 Å². The molecule has 0 amide bonds. The highest BCUT2D eigenvalue weighted by molar-refractivity contribution is 7.89. The molecule has 96 valence electrons. The lowest BCUT2D eigenvalue weighted by molar-refractivity contribution is -0.139. The van der Waals surface area contributed by atoms with Crippen LogP contribution in [0.25, 0.3) is 0 Å². The van der Waals surface area contributed by atoms with Gasteiger partial charge >= 0.3 is 6.18 Å². The van der Waals surface area contributed by atoms with Crippen LogP contribution in [-0.4, -0.2) is 15.0 Å². The normalized spacial score (nSPS) is 12.7. The summed E-state index contributed by atoms with van der Waals surface area (Å²) < 4.78 is 63.2. The van der Waals surface area contributed by atoms with E-state index >= 15 is 0 Å². The van der Waals surface area contributed by atoms with Crippen LogP contribution in [0, 0.1) is 0 Å². The van der Waals surface area contributed by atoms with Crippen LogP contribution in [0.3, 0.4) is 0 Å². The largest absolute Gasteiger partial charge is 0.417 e. The molecule has 1 aromatic rings. The number of benzene rings is 1. The van der Waals surface area contributed by atoms with Crippen LogP contribution in [0.15, 0.2) is 29.2 Å². The van der Waals surface area contributed by atoms with Crippen LogP contribution >= 0.6 is 0 Å². The average molecular weight is 267 g/mol. The topological polar surface area (TPSA) is 46.2 Å². The molecule has 0 saturated heterocycles. The van der Waals surface area contributed by atoms with E-state index in [-0.39, 0.29) is 6.54 Å². The number of rotatable bonds is 4. The molecule has 3 nitrogen and oxygen atoms in total. The molecule has 0 aromatic heterocycles. The third kappa shape index (κ3) is 3.44. The maximum Gasteiger partial charge on any atom is 0.417 e. The number of sulfonamides is 1. The Morgan fingerprint density at radius 1 is 1.24 bits per heavy atom. The van der Waals surface area contributed by atoms with Crippen molar-refractivity contribution in [2.75, 3.05) is 6.54 Å². The Bertz CT molecular complexity index is 483. The molecule has 0 heterocycles. The lowest BCUT2D eigenvalue weighted by Crippen LogP contribution is -2.26. The predicted molar refractivity (Wildman–Crippen MR) is 56.9 cm³/mol. The Morgan fingerprint density at radius 3 is 2.35 bits per heavy atom. The fraction of sp³-hybridized carbons (Fsp3) is 0.400. The average Bonchev–Trinajstić information content (AvgIpc) is 2.25. The maximum atomic E-state index is 12.6. The molecule has 7 heteroatoms. The van der Waals surface area contributed by atoms with Crippen molar-refractivity contribution in [3.63, 3.8) is 0 Å². The summed E-state index contributed by atoms with van der Waals surface area (Å²) >= 11 is 0. The first kappa shape index (κ1) is 14.0. The van der Waals surface area contributed by atoms with Crippen molar-refractivity contribution in [2.24, 2.45) is 0 Å². The van der Waals surface area contributed by atoms with Gasteiger partial charge in [0.15, 0.2) is 0 Å². The van der Waals surface area contributed by atoms with E-state index in [0.29, 0.717) is 6.42 Å². The number of hydrogen-bond donors (Lipinski definition) is 1. The first-order chi connectivity index (χ1) is 7.79. The molecule has 0 unspecified atom stereocenters. The van der Waals surface area contributed by atoms with Gasteiger partial charge in [-0.25, -0.2) is 13.1 Å². The van der Waals surface area contributed by atoms with Crippen LogP contribution in [-0.2, 0) is 16.2 Å². The second kappa shape index (κ2) is 5.05. The highest BCUT2D eigenvalue weighted by Gasteiger charge is 2.36. The maximum absolute atomic E-state index is 12.6. The minimum absolute atomic E-state index is 0.106. The van der Waals surface area contributed by atoms with Gasteiger partial charge in [0.2, 0.25) is 10.0 Å². The van der Waals surface area contributed by atoms with Crippen LogP contribution in [0.4, 0.5) is 13.2 Å². The Labute approximate surface area is 97.7 Å². The number of nitrogens with one attached hydrogen (secondary N) is 1. The molecule has 0 saturated carbocycles. The van der Waals surface area contributed by atoms with Crippen molar-refractivity contribution < 1.29 is 21.6 Å². The van der Waals surface area contributed by atoms with Gasteiger partial charge in [0.1, 0.15) is 0 Å². The van der Waals surface area contributed by atoms with Gasteiger partial charge in [0.25, 0.3) is 0 Å². The zero-order valence-electron chi connectivity index (χ0n) is 9.08. The summed E-state index contributed by atoms with van der Waals surface area (Å²) in [5.74, 6) is 0. The monoisotopic (exact) mass is 267 g/mol. The summed E-state index contributed by atoms with van der Waals surface area (Å²) in [5.41, 5.74) is -1.15. The van der Waals surface area contributed by atoms with Gasteiger partial charge in [-0.15, -0.1) is 0 Å². The minimum Gasteiger partial charge on any atom is -0.211 e. The molecule has 0 aliphatic heterocycles. The molecule has 0 radical (unpaired) electrons. The van der Waals surface area contributed by atoms with Gasteiger partial charge in [0.05, 0.1) is 10.5 Å². The second-order valence-electron chi connectivity index (χ2n) is 3.39. The van der Waals surface area contributed by atoms with Crippen molar-refractivity contribution in [3.8, 4) is 0 Å². The summed E-state index contributed by atoms with van der Waals surface area (Å²) in [6.45, 7) is 1.83. The van der Waals surface area contributed by atoms with Gasteiger partial charge in [-0.2, -0.15) is 13.2 Å². The van der Waals surface area contributed by atoms with Crippen LogP contribution < -0.4 is 4.72 Å². The van der Waals surface area contributed by atoms with Crippen LogP contribution in [0.5, 0.6) is 0 Å². The molecular weight excluding hydrogens is 255 g/mol. The van der Waals surface area contributed by atoms with E-state index in [2.05, 4.69) is 4.72 Å². The summed E-state index contributed by atoms with van der Waals surface area (Å²) in [6.07, 6.45) is -4.18. The molecule has 17 heavy (non-hydrogen) atoms. The first-order valence-electron chi connectivity index (χ1n) is 4.95. The second-order valence-corrected chi connectivity index (χ2v) is 5.13. The molecule has 0 aliphatic rings. The highest BCUT2D eigenvalue weighted by atomic mass is 32.2. The van der Waals surface area contributed by atoms with Gasteiger partial charge in [0, 0.05) is 6.54 Å². The van der Waals surface area contributed by atoms with Gasteiger partial charge in [-0.05, 0) is 18.6 Å². The van der Waals surface area contributed by atoms with Gasteiger partial charge in [-0.1, -0.05) is 19.1 Å².